The number of aromatic nitrogens is 4. The van der Waals surface area contributed by atoms with Gasteiger partial charge in [0.05, 0.1) is 44.7 Å². The predicted octanol–water partition coefficient (Wildman–Crippen LogP) is 18.7. The molecule has 0 saturated carbocycles. The number of hydrogen-bond donors (Lipinski definition) is 0. The average molecular weight is 970 g/mol. The van der Waals surface area contributed by atoms with Gasteiger partial charge in [0.2, 0.25) is 0 Å². The van der Waals surface area contributed by atoms with Crippen molar-refractivity contribution in [3.8, 4) is 72.7 Å². The Balaban J connectivity index is 0.879. The van der Waals surface area contributed by atoms with Crippen molar-refractivity contribution in [1.82, 2.24) is 19.5 Å². The molecule has 0 N–H and O–H groups in total. The van der Waals surface area contributed by atoms with E-state index in [9.17, 15) is 0 Å². The van der Waals surface area contributed by atoms with Crippen molar-refractivity contribution in [2.24, 2.45) is 0 Å². The number of anilines is 3. The van der Waals surface area contributed by atoms with E-state index in [1.165, 1.54) is 55.3 Å². The Morgan fingerprint density at radius 1 is 0.303 bits per heavy atom. The van der Waals surface area contributed by atoms with Crippen molar-refractivity contribution in [3.63, 3.8) is 0 Å². The Kier molecular flexibility index (Phi) is 11.1. The van der Waals surface area contributed by atoms with Crippen molar-refractivity contribution >= 4 is 60.8 Å². The molecule has 5 heteroatoms. The molecule has 0 aliphatic rings. The van der Waals surface area contributed by atoms with E-state index in [1.807, 2.05) is 54.7 Å². The molecular weight excluding hydrogens is 923 g/mol. The number of pyridine rings is 1. The van der Waals surface area contributed by atoms with Crippen LogP contribution in [0.1, 0.15) is 0 Å². The molecule has 0 spiro atoms. The molecule has 11 aromatic carbocycles. The first-order chi connectivity index (χ1) is 37.7. The van der Waals surface area contributed by atoms with Gasteiger partial charge in [-0.05, 0) is 129 Å². The SMILES string of the molecule is c1ccc(-c2ccc(-c3ccc4c(c3)c3cc(-c5ccc(-c6ccccc6)cc5)ccc3n4-c3ccc(N(c4ccc(-c5nc6ccccc6nc5-c5ccccc5)cc4)c4cccc5cccnc45)cc3)cc2)cc1. The van der Waals surface area contributed by atoms with Crippen molar-refractivity contribution in [3.05, 3.63) is 285 Å². The van der Waals surface area contributed by atoms with Crippen LogP contribution in [0.15, 0.2) is 285 Å². The molecule has 3 aromatic heterocycles. The van der Waals surface area contributed by atoms with Gasteiger partial charge in [0.25, 0.3) is 0 Å². The molecule has 0 saturated heterocycles. The Labute approximate surface area is 441 Å². The standard InChI is InChI=1S/C71H47N5/c1-4-14-48(15-5-1)50-25-29-52(30-26-50)57-35-43-66-62(46-57)63-47-58(53-31-27-51(28-32-53)49-16-6-2-7-17-49)36-44-67(63)76(66)61-41-39-60(40-42-61)75(68-24-12-20-54-21-13-45-72-69(54)68)59-37-33-56(34-38-59)71-70(55-18-8-3-9-19-55)73-64-22-10-11-23-65(64)74-71/h1-47H. The van der Waals surface area contributed by atoms with Crippen LogP contribution in [-0.4, -0.2) is 19.5 Å². The van der Waals surface area contributed by atoms with Crippen LogP contribution in [0.2, 0.25) is 0 Å². The summed E-state index contributed by atoms with van der Waals surface area (Å²) in [6.07, 6.45) is 1.87. The fraction of sp³-hybridized carbons (Fsp3) is 0. The number of benzene rings is 11. The zero-order chi connectivity index (χ0) is 50.4. The molecule has 14 aromatic rings. The third kappa shape index (κ3) is 8.13. The quantitative estimate of drug-likeness (QED) is 0.137. The summed E-state index contributed by atoms with van der Waals surface area (Å²) in [5, 5.41) is 3.46. The topological polar surface area (TPSA) is 46.8 Å². The number of fused-ring (bicyclic) bond motifs is 5. The molecule has 0 unspecified atom stereocenters. The van der Waals surface area contributed by atoms with Gasteiger partial charge in [0.15, 0.2) is 0 Å². The first kappa shape index (κ1) is 44.5. The van der Waals surface area contributed by atoms with E-state index in [-0.39, 0.29) is 0 Å². The highest BCUT2D eigenvalue weighted by Crippen LogP contribution is 2.42. The minimum atomic E-state index is 0.839. The molecular formula is C71H47N5. The van der Waals surface area contributed by atoms with Gasteiger partial charge < -0.3 is 9.47 Å². The van der Waals surface area contributed by atoms with Crippen LogP contribution in [0.5, 0.6) is 0 Å². The number of hydrogen-bond acceptors (Lipinski definition) is 4. The van der Waals surface area contributed by atoms with E-state index in [0.29, 0.717) is 0 Å². The highest BCUT2D eigenvalue weighted by Gasteiger charge is 2.20. The average Bonchev–Trinajstić information content (AvgIpc) is 3.89. The Bertz CT molecular complexity index is 4250. The summed E-state index contributed by atoms with van der Waals surface area (Å²) in [5.74, 6) is 0. The van der Waals surface area contributed by atoms with Crippen LogP contribution in [-0.2, 0) is 0 Å². The van der Waals surface area contributed by atoms with Crippen molar-refractivity contribution < 1.29 is 0 Å². The fourth-order valence-corrected chi connectivity index (χ4v) is 10.8. The van der Waals surface area contributed by atoms with Crippen molar-refractivity contribution in [2.45, 2.75) is 0 Å². The molecule has 5 nitrogen and oxygen atoms in total. The van der Waals surface area contributed by atoms with E-state index >= 15 is 0 Å². The molecule has 0 radical (unpaired) electrons. The van der Waals surface area contributed by atoms with Gasteiger partial charge in [-0.25, -0.2) is 9.97 Å². The lowest BCUT2D eigenvalue weighted by Crippen LogP contribution is -2.11. The second-order valence-corrected chi connectivity index (χ2v) is 19.2. The van der Waals surface area contributed by atoms with E-state index < -0.39 is 0 Å². The van der Waals surface area contributed by atoms with Crippen LogP contribution in [0.3, 0.4) is 0 Å². The summed E-state index contributed by atoms with van der Waals surface area (Å²) in [7, 11) is 0. The van der Waals surface area contributed by atoms with E-state index in [0.717, 1.165) is 78.2 Å². The maximum atomic E-state index is 5.21. The zero-order valence-electron chi connectivity index (χ0n) is 41.4. The molecule has 76 heavy (non-hydrogen) atoms. The molecule has 0 aliphatic heterocycles. The molecule has 0 bridgehead atoms. The number of rotatable bonds is 10. The second kappa shape index (κ2) is 19.0. The largest absolute Gasteiger partial charge is 0.309 e. The smallest absolute Gasteiger partial charge is 0.0973 e. The highest BCUT2D eigenvalue weighted by atomic mass is 15.1. The summed E-state index contributed by atoms with van der Waals surface area (Å²) < 4.78 is 2.41. The first-order valence-corrected chi connectivity index (χ1v) is 25.7. The van der Waals surface area contributed by atoms with E-state index in [2.05, 4.69) is 240 Å². The maximum Gasteiger partial charge on any atom is 0.0973 e. The summed E-state index contributed by atoms with van der Waals surface area (Å²) in [6, 6.07) is 99.4. The predicted molar refractivity (Wildman–Crippen MR) is 316 cm³/mol. The van der Waals surface area contributed by atoms with Crippen LogP contribution in [0.4, 0.5) is 17.1 Å². The summed E-state index contributed by atoms with van der Waals surface area (Å²) >= 11 is 0. The maximum absolute atomic E-state index is 5.21. The summed E-state index contributed by atoms with van der Waals surface area (Å²) in [6.45, 7) is 0. The summed E-state index contributed by atoms with van der Waals surface area (Å²) in [5.41, 5.74) is 22.2. The van der Waals surface area contributed by atoms with Crippen LogP contribution < -0.4 is 4.90 Å². The first-order valence-electron chi connectivity index (χ1n) is 25.7. The van der Waals surface area contributed by atoms with Crippen molar-refractivity contribution in [2.75, 3.05) is 4.90 Å². The normalized spacial score (nSPS) is 11.4. The van der Waals surface area contributed by atoms with Gasteiger partial charge in [-0.2, -0.15) is 0 Å². The molecule has 14 rings (SSSR count). The molecule has 3 heterocycles. The van der Waals surface area contributed by atoms with Crippen LogP contribution >= 0.6 is 0 Å². The molecule has 0 amide bonds. The van der Waals surface area contributed by atoms with Gasteiger partial charge in [-0.1, -0.05) is 194 Å². The molecule has 0 fully saturated rings. The fourth-order valence-electron chi connectivity index (χ4n) is 10.8. The number of nitrogens with zero attached hydrogens (tertiary/aromatic N) is 5. The van der Waals surface area contributed by atoms with Gasteiger partial charge in [-0.15, -0.1) is 0 Å². The third-order valence-electron chi connectivity index (χ3n) is 14.7. The Morgan fingerprint density at radius 3 is 1.21 bits per heavy atom. The molecule has 0 aliphatic carbocycles. The molecule has 0 atom stereocenters. The minimum Gasteiger partial charge on any atom is -0.309 e. The Hall–Kier alpha value is -10.2. The minimum absolute atomic E-state index is 0.839. The van der Waals surface area contributed by atoms with E-state index in [4.69, 9.17) is 15.0 Å². The van der Waals surface area contributed by atoms with Crippen molar-refractivity contribution in [1.29, 1.82) is 0 Å². The number of para-hydroxylation sites is 3. The van der Waals surface area contributed by atoms with E-state index in [1.54, 1.807) is 0 Å². The van der Waals surface area contributed by atoms with Crippen LogP contribution in [0, 0.1) is 0 Å². The Morgan fingerprint density at radius 2 is 0.697 bits per heavy atom. The lowest BCUT2D eigenvalue weighted by molar-refractivity contribution is 1.17. The third-order valence-corrected chi connectivity index (χ3v) is 14.7. The van der Waals surface area contributed by atoms with Gasteiger partial charge in [0, 0.05) is 50.5 Å². The molecule has 356 valence electrons. The van der Waals surface area contributed by atoms with Gasteiger partial charge in [-0.3, -0.25) is 4.98 Å². The van der Waals surface area contributed by atoms with Gasteiger partial charge in [0.1, 0.15) is 0 Å². The lowest BCUT2D eigenvalue weighted by atomic mass is 9.97. The second-order valence-electron chi connectivity index (χ2n) is 19.2. The van der Waals surface area contributed by atoms with Gasteiger partial charge >= 0.3 is 0 Å². The van der Waals surface area contributed by atoms with Crippen LogP contribution in [0.25, 0.3) is 116 Å². The monoisotopic (exact) mass is 969 g/mol. The lowest BCUT2D eigenvalue weighted by Gasteiger charge is -2.27. The summed E-state index contributed by atoms with van der Waals surface area (Å²) in [4.78, 5) is 17.6. The highest BCUT2D eigenvalue weighted by molar-refractivity contribution is 6.12. The zero-order valence-corrected chi connectivity index (χ0v) is 41.4.